The van der Waals surface area contributed by atoms with Crippen LogP contribution in [0, 0.1) is 5.92 Å². The summed E-state index contributed by atoms with van der Waals surface area (Å²) in [6.45, 7) is 11.3. The summed E-state index contributed by atoms with van der Waals surface area (Å²) in [5.41, 5.74) is 3.48. The third-order valence-electron chi connectivity index (χ3n) is 6.99. The molecule has 28 heavy (non-hydrogen) atoms. The number of alkyl halides is 1. The van der Waals surface area contributed by atoms with Gasteiger partial charge < -0.3 is 9.84 Å². The maximum Gasteiger partial charge on any atom is 0.127 e. The molecule has 1 aromatic carbocycles. The van der Waals surface area contributed by atoms with E-state index in [9.17, 15) is 5.11 Å². The molecule has 2 nitrogen and oxygen atoms in total. The Bertz CT molecular complexity index is 732. The van der Waals surface area contributed by atoms with Gasteiger partial charge in [-0.05, 0) is 56.2 Å². The second-order valence-electron chi connectivity index (χ2n) is 9.96. The molecular formula is C25H37BrO2. The molecule has 0 fully saturated rings. The van der Waals surface area contributed by atoms with Crippen LogP contribution < -0.4 is 4.74 Å². The van der Waals surface area contributed by atoms with Gasteiger partial charge in [0.1, 0.15) is 17.1 Å². The lowest BCUT2D eigenvalue weighted by Gasteiger charge is -2.47. The Hall–Kier alpha value is -0.960. The molecule has 0 saturated heterocycles. The zero-order chi connectivity index (χ0) is 20.5. The average molecular weight is 449 g/mol. The number of aromatic hydroxyl groups is 1. The maximum absolute atomic E-state index is 11.1. The van der Waals surface area contributed by atoms with Crippen molar-refractivity contribution >= 4 is 15.9 Å². The van der Waals surface area contributed by atoms with Gasteiger partial charge in [0.15, 0.2) is 0 Å². The van der Waals surface area contributed by atoms with Crippen LogP contribution in [0.4, 0.5) is 0 Å². The molecule has 0 bridgehead atoms. The molecule has 0 amide bonds. The zero-order valence-electron chi connectivity index (χ0n) is 18.3. The molecule has 0 radical (unpaired) electrons. The summed E-state index contributed by atoms with van der Waals surface area (Å²) in [5.74, 6) is 2.06. The molecule has 1 heterocycles. The van der Waals surface area contributed by atoms with Crippen molar-refractivity contribution in [2.24, 2.45) is 5.92 Å². The number of rotatable bonds is 7. The van der Waals surface area contributed by atoms with Gasteiger partial charge >= 0.3 is 0 Å². The number of ether oxygens (including phenoxy) is 1. The first kappa shape index (κ1) is 21.7. The SMILES string of the molecule is CCCCCCC(C)(C)c1cc(O)c2c(c1)OC(C)(C)[C@H]1CC=C(CBr)CC21. The number of halogens is 1. The van der Waals surface area contributed by atoms with Crippen LogP contribution in [-0.2, 0) is 5.41 Å². The minimum absolute atomic E-state index is 0.0398. The minimum atomic E-state index is -0.220. The fraction of sp³-hybridized carbons (Fsp3) is 0.680. The molecule has 2 atom stereocenters. The fourth-order valence-electron chi connectivity index (χ4n) is 5.10. The van der Waals surface area contributed by atoms with Crippen molar-refractivity contribution in [1.82, 2.24) is 0 Å². The van der Waals surface area contributed by atoms with Crippen LogP contribution >= 0.6 is 15.9 Å². The van der Waals surface area contributed by atoms with E-state index in [0.717, 1.165) is 35.9 Å². The monoisotopic (exact) mass is 448 g/mol. The van der Waals surface area contributed by atoms with Crippen LogP contribution in [0.15, 0.2) is 23.8 Å². The lowest BCUT2D eigenvalue weighted by molar-refractivity contribution is 0.00746. The third-order valence-corrected chi connectivity index (χ3v) is 7.71. The quantitative estimate of drug-likeness (QED) is 0.263. The molecular weight excluding hydrogens is 412 g/mol. The maximum atomic E-state index is 11.1. The lowest BCUT2D eigenvalue weighted by atomic mass is 9.66. The van der Waals surface area contributed by atoms with Gasteiger partial charge in [0.25, 0.3) is 0 Å². The van der Waals surface area contributed by atoms with E-state index in [1.165, 1.54) is 36.8 Å². The fourth-order valence-corrected chi connectivity index (χ4v) is 5.56. The second kappa shape index (κ2) is 8.42. The number of fused-ring (bicyclic) bond motifs is 3. The number of hydrogen-bond donors (Lipinski definition) is 1. The van der Waals surface area contributed by atoms with Crippen LogP contribution in [0.5, 0.6) is 11.5 Å². The largest absolute Gasteiger partial charge is 0.508 e. The molecule has 3 heteroatoms. The van der Waals surface area contributed by atoms with E-state index in [0.29, 0.717) is 17.6 Å². The molecule has 2 aliphatic rings. The number of phenolic OH excluding ortho intramolecular Hbond substituents is 1. The highest BCUT2D eigenvalue weighted by Crippen LogP contribution is 2.55. The number of hydrogen-bond acceptors (Lipinski definition) is 2. The summed E-state index contributed by atoms with van der Waals surface area (Å²) in [5, 5.41) is 12.0. The van der Waals surface area contributed by atoms with Gasteiger partial charge in [0.2, 0.25) is 0 Å². The summed E-state index contributed by atoms with van der Waals surface area (Å²) in [6.07, 6.45) is 10.6. The van der Waals surface area contributed by atoms with E-state index in [1.54, 1.807) is 0 Å². The Morgan fingerprint density at radius 2 is 1.96 bits per heavy atom. The molecule has 1 aliphatic carbocycles. The highest BCUT2D eigenvalue weighted by Gasteiger charge is 2.46. The van der Waals surface area contributed by atoms with Crippen molar-refractivity contribution in [3.05, 3.63) is 34.9 Å². The predicted octanol–water partition coefficient (Wildman–Crippen LogP) is 7.63. The second-order valence-corrected chi connectivity index (χ2v) is 10.5. The van der Waals surface area contributed by atoms with Crippen molar-refractivity contribution < 1.29 is 9.84 Å². The lowest BCUT2D eigenvalue weighted by Crippen LogP contribution is -2.45. The van der Waals surface area contributed by atoms with E-state index in [2.05, 4.69) is 62.7 Å². The summed E-state index contributed by atoms with van der Waals surface area (Å²) < 4.78 is 6.52. The van der Waals surface area contributed by atoms with Crippen LogP contribution in [0.1, 0.15) is 96.6 Å². The standard InChI is InChI=1S/C25H37BrO2/c1-6-7-8-9-12-24(2,3)18-14-21(27)23-19-13-17(16-26)10-11-20(19)25(4,5)28-22(23)15-18/h10,14-15,19-20,27H,6-9,11-13,16H2,1-5H3/t19?,20-/m0/s1. The van der Waals surface area contributed by atoms with Crippen molar-refractivity contribution in [3.63, 3.8) is 0 Å². The molecule has 156 valence electrons. The minimum Gasteiger partial charge on any atom is -0.508 e. The van der Waals surface area contributed by atoms with Gasteiger partial charge in [-0.25, -0.2) is 0 Å². The summed E-state index contributed by atoms with van der Waals surface area (Å²) in [4.78, 5) is 0. The summed E-state index contributed by atoms with van der Waals surface area (Å²) in [7, 11) is 0. The van der Waals surface area contributed by atoms with Gasteiger partial charge in [0, 0.05) is 22.7 Å². The van der Waals surface area contributed by atoms with E-state index in [-0.39, 0.29) is 11.0 Å². The van der Waals surface area contributed by atoms with E-state index in [1.807, 2.05) is 6.07 Å². The molecule has 0 aromatic heterocycles. The Morgan fingerprint density at radius 1 is 1.21 bits per heavy atom. The van der Waals surface area contributed by atoms with Gasteiger partial charge in [-0.1, -0.05) is 74.0 Å². The normalized spacial score (nSPS) is 23.4. The Balaban J connectivity index is 1.93. The first-order valence-electron chi connectivity index (χ1n) is 11.0. The summed E-state index contributed by atoms with van der Waals surface area (Å²) in [6, 6.07) is 4.24. The van der Waals surface area contributed by atoms with Gasteiger partial charge in [0.05, 0.1) is 0 Å². The number of benzene rings is 1. The molecule has 0 saturated carbocycles. The molecule has 0 spiro atoms. The smallest absolute Gasteiger partial charge is 0.127 e. The zero-order valence-corrected chi connectivity index (χ0v) is 19.9. The van der Waals surface area contributed by atoms with Gasteiger partial charge in [-0.15, -0.1) is 0 Å². The molecule has 1 aromatic rings. The van der Waals surface area contributed by atoms with Crippen LogP contribution in [-0.4, -0.2) is 16.0 Å². The van der Waals surface area contributed by atoms with Crippen molar-refractivity contribution in [2.45, 2.75) is 96.5 Å². The molecule has 1 unspecified atom stereocenters. The van der Waals surface area contributed by atoms with E-state index < -0.39 is 0 Å². The van der Waals surface area contributed by atoms with Crippen molar-refractivity contribution in [2.75, 3.05) is 5.33 Å². The van der Waals surface area contributed by atoms with Crippen LogP contribution in [0.3, 0.4) is 0 Å². The third kappa shape index (κ3) is 4.30. The van der Waals surface area contributed by atoms with Crippen molar-refractivity contribution in [3.8, 4) is 11.5 Å². The summed E-state index contributed by atoms with van der Waals surface area (Å²) >= 11 is 3.63. The molecule has 1 aliphatic heterocycles. The van der Waals surface area contributed by atoms with Crippen LogP contribution in [0.25, 0.3) is 0 Å². The number of allylic oxidation sites excluding steroid dienone is 2. The predicted molar refractivity (Wildman–Crippen MR) is 122 cm³/mol. The first-order valence-corrected chi connectivity index (χ1v) is 12.1. The Kier molecular flexibility index (Phi) is 6.54. The van der Waals surface area contributed by atoms with Gasteiger partial charge in [-0.3, -0.25) is 0 Å². The molecule has 1 N–H and O–H groups in total. The first-order chi connectivity index (χ1) is 13.2. The average Bonchev–Trinajstić information content (AvgIpc) is 2.63. The van der Waals surface area contributed by atoms with E-state index >= 15 is 0 Å². The number of unbranched alkanes of at least 4 members (excludes halogenated alkanes) is 3. The Morgan fingerprint density at radius 3 is 2.64 bits per heavy atom. The molecule has 3 rings (SSSR count). The number of phenols is 1. The van der Waals surface area contributed by atoms with Crippen molar-refractivity contribution in [1.29, 1.82) is 0 Å². The highest BCUT2D eigenvalue weighted by atomic mass is 79.9. The van der Waals surface area contributed by atoms with Gasteiger partial charge in [-0.2, -0.15) is 0 Å². The van der Waals surface area contributed by atoms with E-state index in [4.69, 9.17) is 4.74 Å². The topological polar surface area (TPSA) is 29.5 Å². The Labute approximate surface area is 179 Å². The highest BCUT2D eigenvalue weighted by molar-refractivity contribution is 9.09. The van der Waals surface area contributed by atoms with Crippen LogP contribution in [0.2, 0.25) is 0 Å².